The highest BCUT2D eigenvalue weighted by atomic mass is 16.5. The summed E-state index contributed by atoms with van der Waals surface area (Å²) < 4.78 is 21.5. The zero-order valence-corrected chi connectivity index (χ0v) is 23.7. The van der Waals surface area contributed by atoms with Gasteiger partial charge in [0.15, 0.2) is 0 Å². The zero-order chi connectivity index (χ0) is 30.9. The maximum atomic E-state index is 11.2. The Balaban J connectivity index is 0.000000762. The molecule has 0 fully saturated rings. The molecule has 0 heterocycles. The molecule has 0 bridgehead atoms. The fourth-order valence-corrected chi connectivity index (χ4v) is 3.20. The van der Waals surface area contributed by atoms with E-state index in [1.165, 1.54) is 18.2 Å². The van der Waals surface area contributed by atoms with E-state index in [4.69, 9.17) is 29.2 Å². The van der Waals surface area contributed by atoms with Crippen LogP contribution < -0.4 is 18.9 Å². The van der Waals surface area contributed by atoms with Crippen LogP contribution in [0.15, 0.2) is 24.3 Å². The molecule has 0 aliphatic carbocycles. The van der Waals surface area contributed by atoms with Gasteiger partial charge in [0.1, 0.15) is 45.3 Å². The van der Waals surface area contributed by atoms with Crippen LogP contribution in [-0.2, 0) is 0 Å². The number of ether oxygens (including phenoxy) is 4. The summed E-state index contributed by atoms with van der Waals surface area (Å²) in [6.07, 6.45) is -1.02. The van der Waals surface area contributed by atoms with Gasteiger partial charge in [-0.3, -0.25) is 0 Å². The fourth-order valence-electron chi connectivity index (χ4n) is 3.20. The average molecular weight is 581 g/mol. The Morgan fingerprint density at radius 3 is 0.829 bits per heavy atom. The van der Waals surface area contributed by atoms with E-state index in [1.807, 2.05) is 0 Å². The summed E-state index contributed by atoms with van der Waals surface area (Å²) in [6.45, 7) is 13.9. The minimum Gasteiger partial charge on any atom is -0.490 e. The zero-order valence-electron chi connectivity index (χ0n) is 23.7. The van der Waals surface area contributed by atoms with Gasteiger partial charge in [-0.25, -0.2) is 19.2 Å². The van der Waals surface area contributed by atoms with Crippen LogP contribution in [0.2, 0.25) is 0 Å². The second kappa shape index (κ2) is 15.9. The summed E-state index contributed by atoms with van der Waals surface area (Å²) in [5.74, 6) is -4.70. The molecule has 0 aromatic heterocycles. The van der Waals surface area contributed by atoms with E-state index in [2.05, 4.69) is 0 Å². The number of benzene rings is 2. The smallest absolute Gasteiger partial charge is 0.339 e. The molecule has 2 rings (SSSR count). The topological polar surface area (TPSA) is 186 Å². The summed E-state index contributed by atoms with van der Waals surface area (Å²) in [5.41, 5.74) is -0.655. The third kappa shape index (κ3) is 11.3. The van der Waals surface area contributed by atoms with Gasteiger partial charge >= 0.3 is 23.9 Å². The third-order valence-corrected chi connectivity index (χ3v) is 4.54. The molecule has 0 radical (unpaired) electrons. The molecule has 0 aliphatic heterocycles. The van der Waals surface area contributed by atoms with E-state index in [-0.39, 0.29) is 77.1 Å². The van der Waals surface area contributed by atoms with Crippen LogP contribution in [0, 0.1) is 0 Å². The Morgan fingerprint density at radius 1 is 0.439 bits per heavy atom. The van der Waals surface area contributed by atoms with Gasteiger partial charge in [0.2, 0.25) is 0 Å². The largest absolute Gasteiger partial charge is 0.490 e. The van der Waals surface area contributed by atoms with Gasteiger partial charge in [-0.2, -0.15) is 0 Å². The van der Waals surface area contributed by atoms with Crippen molar-refractivity contribution < 1.29 is 58.6 Å². The van der Waals surface area contributed by atoms with E-state index in [0.717, 1.165) is 6.07 Å². The van der Waals surface area contributed by atoms with Crippen molar-refractivity contribution in [2.45, 2.75) is 87.2 Å². The maximum absolute atomic E-state index is 11.2. The summed E-state index contributed by atoms with van der Waals surface area (Å²) in [4.78, 5) is 44.9. The SMILES string of the molecule is C.CC(C)Oc1cc(C(=O)O)c(OC(C)C)cc1C(=O)O.CC(C)Oc1cc(OC(C)C)c(C(=O)O)cc1C(=O)O. The Morgan fingerprint density at radius 2 is 0.634 bits per heavy atom. The van der Waals surface area contributed by atoms with Crippen molar-refractivity contribution in [2.75, 3.05) is 0 Å². The van der Waals surface area contributed by atoms with E-state index >= 15 is 0 Å². The molecular weight excluding hydrogens is 540 g/mol. The lowest BCUT2D eigenvalue weighted by Crippen LogP contribution is -2.14. The highest BCUT2D eigenvalue weighted by Gasteiger charge is 2.23. The maximum Gasteiger partial charge on any atom is 0.339 e. The minimum absolute atomic E-state index is 0. The lowest BCUT2D eigenvalue weighted by Gasteiger charge is -2.17. The van der Waals surface area contributed by atoms with Crippen molar-refractivity contribution in [1.82, 2.24) is 0 Å². The van der Waals surface area contributed by atoms with Crippen LogP contribution in [-0.4, -0.2) is 68.7 Å². The molecule has 0 spiro atoms. The second-order valence-corrected chi connectivity index (χ2v) is 9.58. The first kappa shape index (κ1) is 36.5. The molecule has 0 saturated heterocycles. The minimum atomic E-state index is -1.25. The molecule has 12 heteroatoms. The quantitative estimate of drug-likeness (QED) is 0.231. The van der Waals surface area contributed by atoms with Crippen molar-refractivity contribution in [3.8, 4) is 23.0 Å². The average Bonchev–Trinajstić information content (AvgIpc) is 2.78. The van der Waals surface area contributed by atoms with Crippen molar-refractivity contribution in [3.05, 3.63) is 46.5 Å². The molecule has 0 saturated carbocycles. The van der Waals surface area contributed by atoms with Crippen LogP contribution >= 0.6 is 0 Å². The van der Waals surface area contributed by atoms with E-state index < -0.39 is 23.9 Å². The van der Waals surface area contributed by atoms with Crippen molar-refractivity contribution >= 4 is 23.9 Å². The highest BCUT2D eigenvalue weighted by molar-refractivity contribution is 5.98. The Labute approximate surface area is 239 Å². The molecule has 41 heavy (non-hydrogen) atoms. The molecule has 12 nitrogen and oxygen atoms in total. The van der Waals surface area contributed by atoms with E-state index in [9.17, 15) is 29.4 Å². The molecular formula is C29H40O12. The van der Waals surface area contributed by atoms with Gasteiger partial charge in [-0.05, 0) is 73.6 Å². The molecule has 2 aromatic carbocycles. The van der Waals surface area contributed by atoms with Crippen molar-refractivity contribution in [3.63, 3.8) is 0 Å². The fraction of sp³-hybridized carbons (Fsp3) is 0.448. The van der Waals surface area contributed by atoms with Crippen LogP contribution in [0.4, 0.5) is 0 Å². The number of aromatic carboxylic acids is 4. The Hall–Kier alpha value is -4.48. The van der Waals surface area contributed by atoms with Crippen LogP contribution in [0.3, 0.4) is 0 Å². The third-order valence-electron chi connectivity index (χ3n) is 4.54. The normalized spacial score (nSPS) is 10.4. The Kier molecular flexibility index (Phi) is 14.2. The van der Waals surface area contributed by atoms with Gasteiger partial charge in [-0.1, -0.05) is 7.43 Å². The molecule has 2 aromatic rings. The van der Waals surface area contributed by atoms with E-state index in [1.54, 1.807) is 55.4 Å². The first-order valence-corrected chi connectivity index (χ1v) is 12.4. The monoisotopic (exact) mass is 580 g/mol. The highest BCUT2D eigenvalue weighted by Crippen LogP contribution is 2.32. The lowest BCUT2D eigenvalue weighted by molar-refractivity contribution is 0.0669. The molecule has 0 amide bonds. The predicted molar refractivity (Wildman–Crippen MR) is 151 cm³/mol. The first-order chi connectivity index (χ1) is 18.4. The Bertz CT molecular complexity index is 1140. The van der Waals surface area contributed by atoms with Crippen molar-refractivity contribution in [1.29, 1.82) is 0 Å². The number of hydrogen-bond acceptors (Lipinski definition) is 8. The van der Waals surface area contributed by atoms with Crippen LogP contribution in [0.25, 0.3) is 0 Å². The van der Waals surface area contributed by atoms with E-state index in [0.29, 0.717) is 0 Å². The van der Waals surface area contributed by atoms with Gasteiger partial charge in [0.05, 0.1) is 24.4 Å². The van der Waals surface area contributed by atoms with Crippen LogP contribution in [0.5, 0.6) is 23.0 Å². The number of hydrogen-bond donors (Lipinski definition) is 4. The molecule has 0 aliphatic rings. The van der Waals surface area contributed by atoms with Gasteiger partial charge in [-0.15, -0.1) is 0 Å². The summed E-state index contributed by atoms with van der Waals surface area (Å²) in [7, 11) is 0. The number of carboxylic acids is 4. The standard InChI is InChI=1S/2C14H18O6.CH4/c1-7(2)19-11-5-10(14(17)18)12(20-8(3)4)6-9(11)13(15)16;1-7(2)19-11-6-12(20-8(3)4)10(14(17)18)5-9(11)13(15)16;/h2*5-8H,1-4H3,(H,15,16)(H,17,18);1H4. The summed E-state index contributed by atoms with van der Waals surface area (Å²) in [6, 6.07) is 4.74. The second-order valence-electron chi connectivity index (χ2n) is 9.58. The van der Waals surface area contributed by atoms with Crippen LogP contribution in [0.1, 0.15) is 104 Å². The summed E-state index contributed by atoms with van der Waals surface area (Å²) in [5, 5.41) is 36.7. The predicted octanol–water partition coefficient (Wildman–Crippen LogP) is 5.95. The summed E-state index contributed by atoms with van der Waals surface area (Å²) >= 11 is 0. The van der Waals surface area contributed by atoms with Gasteiger partial charge in [0, 0.05) is 6.07 Å². The number of carboxylic acid groups (broad SMARTS) is 4. The van der Waals surface area contributed by atoms with Gasteiger partial charge in [0.25, 0.3) is 0 Å². The number of carbonyl (C=O) groups is 4. The van der Waals surface area contributed by atoms with Gasteiger partial charge < -0.3 is 39.4 Å². The molecule has 0 atom stereocenters. The molecule has 228 valence electrons. The number of rotatable bonds is 12. The molecule has 0 unspecified atom stereocenters. The molecule has 4 N–H and O–H groups in total. The van der Waals surface area contributed by atoms with Crippen molar-refractivity contribution in [2.24, 2.45) is 0 Å². The first-order valence-electron chi connectivity index (χ1n) is 12.4. The lowest BCUT2D eigenvalue weighted by atomic mass is 10.1.